The molecule has 2 aliphatic heterocycles. The highest BCUT2D eigenvalue weighted by Crippen LogP contribution is 2.43. The van der Waals surface area contributed by atoms with E-state index < -0.39 is 17.7 Å². The summed E-state index contributed by atoms with van der Waals surface area (Å²) in [7, 11) is 0. The van der Waals surface area contributed by atoms with E-state index in [2.05, 4.69) is 9.97 Å². The third kappa shape index (κ3) is 3.16. The zero-order valence-corrected chi connectivity index (χ0v) is 18.2. The van der Waals surface area contributed by atoms with Crippen molar-refractivity contribution in [2.45, 2.75) is 19.0 Å². The SMILES string of the molecule is O=C1C(=O)N(Cc2ccccn2)C(c2c[nH]c3ccccc23)/C1=C(\O)c1ccc2c(c1)CCO2. The maximum absolute atomic E-state index is 13.3. The van der Waals surface area contributed by atoms with Gasteiger partial charge < -0.3 is 19.7 Å². The Labute approximate surface area is 195 Å². The molecule has 0 radical (unpaired) electrons. The van der Waals surface area contributed by atoms with Gasteiger partial charge >= 0.3 is 0 Å². The third-order valence-electron chi connectivity index (χ3n) is 6.48. The highest BCUT2D eigenvalue weighted by atomic mass is 16.5. The lowest BCUT2D eigenvalue weighted by Gasteiger charge is -2.24. The molecule has 1 atom stereocenters. The molecular formula is C27H21N3O4. The Hall–Kier alpha value is -4.39. The number of para-hydroxylation sites is 1. The molecule has 2 aromatic carbocycles. The summed E-state index contributed by atoms with van der Waals surface area (Å²) >= 11 is 0. The van der Waals surface area contributed by atoms with Gasteiger partial charge in [0.2, 0.25) is 0 Å². The maximum Gasteiger partial charge on any atom is 0.296 e. The molecule has 4 aromatic rings. The van der Waals surface area contributed by atoms with Crippen LogP contribution in [-0.2, 0) is 22.6 Å². The second-order valence-corrected chi connectivity index (χ2v) is 8.46. The molecule has 2 aromatic heterocycles. The van der Waals surface area contributed by atoms with Gasteiger partial charge in [-0.25, -0.2) is 0 Å². The number of nitrogens with one attached hydrogen (secondary N) is 1. The number of rotatable bonds is 4. The van der Waals surface area contributed by atoms with Crippen LogP contribution in [0.25, 0.3) is 16.7 Å². The predicted octanol–water partition coefficient (Wildman–Crippen LogP) is 4.12. The van der Waals surface area contributed by atoms with E-state index in [1.54, 1.807) is 30.6 Å². The quantitative estimate of drug-likeness (QED) is 0.277. The van der Waals surface area contributed by atoms with E-state index in [9.17, 15) is 14.7 Å². The van der Waals surface area contributed by atoms with Crippen LogP contribution in [0.3, 0.4) is 0 Å². The van der Waals surface area contributed by atoms with Gasteiger partial charge in [-0.1, -0.05) is 24.3 Å². The zero-order chi connectivity index (χ0) is 23.2. The molecular weight excluding hydrogens is 430 g/mol. The van der Waals surface area contributed by atoms with Crippen molar-refractivity contribution in [3.05, 3.63) is 101 Å². The van der Waals surface area contributed by atoms with E-state index in [-0.39, 0.29) is 17.9 Å². The number of aliphatic hydroxyl groups excluding tert-OH is 1. The molecule has 0 spiro atoms. The molecule has 1 amide bonds. The number of hydrogen-bond donors (Lipinski definition) is 2. The van der Waals surface area contributed by atoms with Gasteiger partial charge in [0.05, 0.1) is 30.5 Å². The van der Waals surface area contributed by atoms with Gasteiger partial charge in [0.15, 0.2) is 0 Å². The highest BCUT2D eigenvalue weighted by Gasteiger charge is 2.47. The first-order chi connectivity index (χ1) is 16.6. The van der Waals surface area contributed by atoms with E-state index in [0.717, 1.165) is 34.2 Å². The minimum absolute atomic E-state index is 0.0737. The monoisotopic (exact) mass is 451 g/mol. The van der Waals surface area contributed by atoms with Crippen molar-refractivity contribution < 1.29 is 19.4 Å². The molecule has 2 aliphatic rings. The molecule has 1 unspecified atom stereocenters. The first-order valence-corrected chi connectivity index (χ1v) is 11.1. The summed E-state index contributed by atoms with van der Waals surface area (Å²) in [5.74, 6) is -0.778. The normalized spacial score (nSPS) is 18.9. The van der Waals surface area contributed by atoms with Gasteiger partial charge in [-0.3, -0.25) is 14.6 Å². The van der Waals surface area contributed by atoms with Gasteiger partial charge in [-0.05, 0) is 42.0 Å². The van der Waals surface area contributed by atoms with Crippen molar-refractivity contribution in [2.24, 2.45) is 0 Å². The molecule has 4 heterocycles. The molecule has 168 valence electrons. The molecule has 7 heteroatoms. The van der Waals surface area contributed by atoms with Crippen molar-refractivity contribution in [1.82, 2.24) is 14.9 Å². The van der Waals surface area contributed by atoms with Crippen LogP contribution in [0.2, 0.25) is 0 Å². The van der Waals surface area contributed by atoms with E-state index in [4.69, 9.17) is 4.74 Å². The minimum Gasteiger partial charge on any atom is -0.507 e. The molecule has 1 saturated heterocycles. The van der Waals surface area contributed by atoms with Crippen LogP contribution in [0, 0.1) is 0 Å². The van der Waals surface area contributed by atoms with Gasteiger partial charge in [-0.15, -0.1) is 0 Å². The third-order valence-corrected chi connectivity index (χ3v) is 6.48. The number of nitrogens with zero attached hydrogens (tertiary/aromatic N) is 2. The van der Waals surface area contributed by atoms with Crippen LogP contribution >= 0.6 is 0 Å². The fraction of sp³-hybridized carbons (Fsp3) is 0.148. The first kappa shape index (κ1) is 20.2. The number of pyridine rings is 1. The van der Waals surface area contributed by atoms with Crippen LogP contribution < -0.4 is 4.74 Å². The van der Waals surface area contributed by atoms with Crippen LogP contribution in [0.1, 0.15) is 28.4 Å². The lowest BCUT2D eigenvalue weighted by molar-refractivity contribution is -0.140. The summed E-state index contributed by atoms with van der Waals surface area (Å²) in [5, 5.41) is 12.3. The summed E-state index contributed by atoms with van der Waals surface area (Å²) in [5.41, 5.74) is 3.82. The Morgan fingerprint density at radius 1 is 1.12 bits per heavy atom. The van der Waals surface area contributed by atoms with Crippen molar-refractivity contribution in [3.63, 3.8) is 0 Å². The largest absolute Gasteiger partial charge is 0.507 e. The molecule has 0 aliphatic carbocycles. The van der Waals surface area contributed by atoms with Crippen LogP contribution in [0.5, 0.6) is 5.75 Å². The number of carbonyl (C=O) groups excluding carboxylic acids is 2. The topological polar surface area (TPSA) is 95.5 Å². The number of likely N-dealkylation sites (tertiary alicyclic amines) is 1. The highest BCUT2D eigenvalue weighted by molar-refractivity contribution is 6.46. The number of fused-ring (bicyclic) bond motifs is 2. The van der Waals surface area contributed by atoms with Crippen molar-refractivity contribution in [3.8, 4) is 5.75 Å². The Kier molecular flexibility index (Phi) is 4.69. The molecule has 1 fully saturated rings. The lowest BCUT2D eigenvalue weighted by Crippen LogP contribution is -2.29. The number of aromatic amines is 1. The number of aliphatic hydroxyl groups is 1. The number of ether oxygens (including phenoxy) is 1. The average Bonchev–Trinajstić information content (AvgIpc) is 3.57. The summed E-state index contributed by atoms with van der Waals surface area (Å²) < 4.78 is 5.57. The fourth-order valence-corrected chi connectivity index (χ4v) is 4.84. The number of aromatic nitrogens is 2. The molecule has 6 rings (SSSR count). The lowest BCUT2D eigenvalue weighted by atomic mass is 9.94. The van der Waals surface area contributed by atoms with Gasteiger partial charge in [0.25, 0.3) is 11.7 Å². The van der Waals surface area contributed by atoms with E-state index in [1.165, 1.54) is 4.90 Å². The van der Waals surface area contributed by atoms with Crippen molar-refractivity contribution in [2.75, 3.05) is 6.61 Å². The smallest absolute Gasteiger partial charge is 0.296 e. The number of ketones is 1. The Balaban J connectivity index is 1.53. The van der Waals surface area contributed by atoms with Crippen LogP contribution in [-0.4, -0.2) is 38.3 Å². The Morgan fingerprint density at radius 2 is 1.97 bits per heavy atom. The number of carbonyl (C=O) groups is 2. The van der Waals surface area contributed by atoms with Gasteiger partial charge in [0.1, 0.15) is 11.5 Å². The van der Waals surface area contributed by atoms with Crippen molar-refractivity contribution >= 4 is 28.4 Å². The minimum atomic E-state index is -0.761. The van der Waals surface area contributed by atoms with Crippen LogP contribution in [0.15, 0.2) is 78.6 Å². The summed E-state index contributed by atoms with van der Waals surface area (Å²) in [6, 6.07) is 17.7. The number of hydrogen-bond acceptors (Lipinski definition) is 5. The van der Waals surface area contributed by atoms with E-state index in [1.807, 2.05) is 42.5 Å². The average molecular weight is 451 g/mol. The van der Waals surface area contributed by atoms with E-state index >= 15 is 0 Å². The predicted molar refractivity (Wildman–Crippen MR) is 126 cm³/mol. The standard InChI is InChI=1S/C27H21N3O4/c31-25(17-8-9-22-16(13-17)10-12-34-22)23-24(20-14-29-21-7-2-1-6-19(20)21)30(27(33)26(23)32)15-18-5-3-4-11-28-18/h1-9,11,13-14,24,29,31H,10,12,15H2/b25-23+. The second kappa shape index (κ2) is 7.88. The van der Waals surface area contributed by atoms with E-state index in [0.29, 0.717) is 17.9 Å². The Morgan fingerprint density at radius 3 is 2.82 bits per heavy atom. The second-order valence-electron chi connectivity index (χ2n) is 8.46. The molecule has 34 heavy (non-hydrogen) atoms. The fourth-order valence-electron chi connectivity index (χ4n) is 4.84. The first-order valence-electron chi connectivity index (χ1n) is 11.1. The van der Waals surface area contributed by atoms with Crippen molar-refractivity contribution in [1.29, 1.82) is 0 Å². The number of benzene rings is 2. The number of Topliss-reactive ketones (excluding diaryl/α,β-unsaturated/α-hetero) is 1. The summed E-state index contributed by atoms with van der Waals surface area (Å²) in [6.07, 6.45) is 4.19. The molecule has 7 nitrogen and oxygen atoms in total. The molecule has 0 bridgehead atoms. The van der Waals surface area contributed by atoms with Gasteiger partial charge in [0, 0.05) is 40.8 Å². The Bertz CT molecular complexity index is 1470. The number of H-pyrrole nitrogens is 1. The summed E-state index contributed by atoms with van der Waals surface area (Å²) in [4.78, 5) is 35.6. The number of amides is 1. The summed E-state index contributed by atoms with van der Waals surface area (Å²) in [6.45, 7) is 0.730. The molecule has 0 saturated carbocycles. The van der Waals surface area contributed by atoms with Gasteiger partial charge in [-0.2, -0.15) is 0 Å². The zero-order valence-electron chi connectivity index (χ0n) is 18.2. The maximum atomic E-state index is 13.3. The molecule has 2 N–H and O–H groups in total. The van der Waals surface area contributed by atoms with Crippen LogP contribution in [0.4, 0.5) is 0 Å².